The number of benzene rings is 1. The lowest BCUT2D eigenvalue weighted by Gasteiger charge is -2.22. The Balaban J connectivity index is 2.90. The molecule has 0 spiro atoms. The quantitative estimate of drug-likeness (QED) is 0.705. The van der Waals surface area contributed by atoms with Crippen LogP contribution in [0.25, 0.3) is 0 Å². The van der Waals surface area contributed by atoms with Crippen LogP contribution >= 0.6 is 11.8 Å². The molecule has 1 atom stereocenters. The van der Waals surface area contributed by atoms with Crippen LogP contribution in [0.15, 0.2) is 53.5 Å². The molecule has 1 aromatic carbocycles. The summed E-state index contributed by atoms with van der Waals surface area (Å²) in [7, 11) is 0. The fraction of sp³-hybridized carbons (Fsp3) is 0.429. The number of carbonyl (C=O) groups excluding carboxylic acids is 2. The van der Waals surface area contributed by atoms with Crippen LogP contribution < -0.4 is 5.32 Å². The SMILES string of the molecule is C/C=C\C(=C/C)SC(=O)C(Cc1ccccc1)NC(=O)CC(C)(C)C. The van der Waals surface area contributed by atoms with Crippen molar-refractivity contribution in [2.45, 2.75) is 53.5 Å². The van der Waals surface area contributed by atoms with E-state index in [1.807, 2.05) is 83.2 Å². The predicted octanol–water partition coefficient (Wildman–Crippen LogP) is 4.89. The van der Waals surface area contributed by atoms with Gasteiger partial charge in [0.25, 0.3) is 0 Å². The monoisotopic (exact) mass is 359 g/mol. The molecular formula is C21H29NO2S. The number of rotatable bonds is 7. The van der Waals surface area contributed by atoms with Crippen molar-refractivity contribution in [1.82, 2.24) is 5.32 Å². The van der Waals surface area contributed by atoms with E-state index in [0.29, 0.717) is 12.8 Å². The van der Waals surface area contributed by atoms with Crippen LogP contribution in [0, 0.1) is 5.41 Å². The molecule has 1 rings (SSSR count). The first-order valence-electron chi connectivity index (χ1n) is 8.59. The van der Waals surface area contributed by atoms with Crippen molar-refractivity contribution in [3.05, 3.63) is 59.0 Å². The highest BCUT2D eigenvalue weighted by molar-refractivity contribution is 8.17. The first-order valence-corrected chi connectivity index (χ1v) is 9.41. The molecule has 1 amide bonds. The Labute approximate surface area is 156 Å². The second kappa shape index (κ2) is 10.2. The average Bonchev–Trinajstić information content (AvgIpc) is 2.53. The van der Waals surface area contributed by atoms with E-state index in [2.05, 4.69) is 5.32 Å². The molecule has 0 aliphatic rings. The van der Waals surface area contributed by atoms with Crippen molar-refractivity contribution in [3.8, 4) is 0 Å². The van der Waals surface area contributed by atoms with Crippen molar-refractivity contribution >= 4 is 22.8 Å². The topological polar surface area (TPSA) is 46.2 Å². The van der Waals surface area contributed by atoms with Crippen LogP contribution in [0.1, 0.15) is 46.6 Å². The van der Waals surface area contributed by atoms with Gasteiger partial charge in [-0.25, -0.2) is 0 Å². The van der Waals surface area contributed by atoms with Crippen LogP contribution in [0.5, 0.6) is 0 Å². The molecule has 1 N–H and O–H groups in total. The zero-order chi connectivity index (χ0) is 18.9. The fourth-order valence-corrected chi connectivity index (χ4v) is 3.15. The third-order valence-electron chi connectivity index (χ3n) is 3.43. The van der Waals surface area contributed by atoms with Crippen molar-refractivity contribution in [2.24, 2.45) is 5.41 Å². The summed E-state index contributed by atoms with van der Waals surface area (Å²) in [6.07, 6.45) is 6.59. The third kappa shape index (κ3) is 8.73. The molecule has 0 saturated carbocycles. The predicted molar refractivity (Wildman–Crippen MR) is 107 cm³/mol. The van der Waals surface area contributed by atoms with Crippen LogP contribution in [0.2, 0.25) is 0 Å². The molecule has 3 nitrogen and oxygen atoms in total. The van der Waals surface area contributed by atoms with Crippen LogP contribution in [-0.4, -0.2) is 17.1 Å². The van der Waals surface area contributed by atoms with E-state index < -0.39 is 6.04 Å². The Morgan fingerprint density at radius 1 is 1.16 bits per heavy atom. The molecule has 0 aromatic heterocycles. The molecule has 0 saturated heterocycles. The lowest BCUT2D eigenvalue weighted by molar-refractivity contribution is -0.126. The molecule has 0 heterocycles. The second-order valence-corrected chi connectivity index (χ2v) is 8.24. The largest absolute Gasteiger partial charge is 0.345 e. The van der Waals surface area contributed by atoms with Gasteiger partial charge in [0.15, 0.2) is 0 Å². The van der Waals surface area contributed by atoms with Gasteiger partial charge in [0.2, 0.25) is 11.0 Å². The highest BCUT2D eigenvalue weighted by Gasteiger charge is 2.24. The van der Waals surface area contributed by atoms with E-state index in [-0.39, 0.29) is 16.4 Å². The Hall–Kier alpha value is -1.81. The van der Waals surface area contributed by atoms with Gasteiger partial charge in [0.05, 0.1) is 0 Å². The van der Waals surface area contributed by atoms with Gasteiger partial charge in [0.1, 0.15) is 6.04 Å². The average molecular weight is 360 g/mol. The zero-order valence-electron chi connectivity index (χ0n) is 15.8. The number of hydrogen-bond acceptors (Lipinski definition) is 3. The smallest absolute Gasteiger partial charge is 0.221 e. The summed E-state index contributed by atoms with van der Waals surface area (Å²) in [4.78, 5) is 26.0. The fourth-order valence-electron chi connectivity index (χ4n) is 2.31. The standard InChI is InChI=1S/C21H29NO2S/c1-6-11-17(7-2)25-20(24)18(14-16-12-9-8-10-13-16)22-19(23)15-21(3,4)5/h6-13,18H,14-15H2,1-5H3,(H,22,23)/b11-6-,17-7+. The molecule has 0 aliphatic heterocycles. The summed E-state index contributed by atoms with van der Waals surface area (Å²) >= 11 is 1.18. The summed E-state index contributed by atoms with van der Waals surface area (Å²) in [6, 6.07) is 9.24. The number of amides is 1. The van der Waals surface area contributed by atoms with E-state index >= 15 is 0 Å². The van der Waals surface area contributed by atoms with Gasteiger partial charge < -0.3 is 5.32 Å². The number of carbonyl (C=O) groups is 2. The van der Waals surface area contributed by atoms with Crippen LogP contribution in [0.3, 0.4) is 0 Å². The number of nitrogens with one attached hydrogen (secondary N) is 1. The molecule has 1 unspecified atom stereocenters. The summed E-state index contributed by atoms with van der Waals surface area (Å²) in [5, 5.41) is 2.89. The first kappa shape index (κ1) is 21.2. The van der Waals surface area contributed by atoms with Crippen LogP contribution in [-0.2, 0) is 16.0 Å². The third-order valence-corrected chi connectivity index (χ3v) is 4.52. The second-order valence-electron chi connectivity index (χ2n) is 7.16. The Kier molecular flexibility index (Phi) is 8.70. The maximum Gasteiger partial charge on any atom is 0.221 e. The van der Waals surface area contributed by atoms with Gasteiger partial charge in [-0.05, 0) is 24.8 Å². The lowest BCUT2D eigenvalue weighted by atomic mass is 9.91. The van der Waals surface area contributed by atoms with Crippen LogP contribution in [0.4, 0.5) is 0 Å². The summed E-state index contributed by atoms with van der Waals surface area (Å²) in [5.74, 6) is -0.0876. The lowest BCUT2D eigenvalue weighted by Crippen LogP contribution is -2.42. The summed E-state index contributed by atoms with van der Waals surface area (Å²) in [5.41, 5.74) is 0.919. The van der Waals surface area contributed by atoms with E-state index in [9.17, 15) is 9.59 Å². The van der Waals surface area contributed by atoms with Crippen molar-refractivity contribution in [1.29, 1.82) is 0 Å². The number of allylic oxidation sites excluding steroid dienone is 3. The van der Waals surface area contributed by atoms with E-state index in [1.165, 1.54) is 11.8 Å². The molecule has 0 radical (unpaired) electrons. The molecular weight excluding hydrogens is 330 g/mol. The Morgan fingerprint density at radius 2 is 1.80 bits per heavy atom. The van der Waals surface area contributed by atoms with Gasteiger partial charge >= 0.3 is 0 Å². The van der Waals surface area contributed by atoms with Gasteiger partial charge in [0, 0.05) is 17.7 Å². The number of hydrogen-bond donors (Lipinski definition) is 1. The minimum absolute atomic E-state index is 0.0442. The summed E-state index contributed by atoms with van der Waals surface area (Å²) < 4.78 is 0. The molecule has 136 valence electrons. The first-order chi connectivity index (χ1) is 11.7. The molecule has 0 fully saturated rings. The molecule has 25 heavy (non-hydrogen) atoms. The maximum atomic E-state index is 12.8. The molecule has 0 aliphatic carbocycles. The normalized spacial score (nSPS) is 13.7. The minimum Gasteiger partial charge on any atom is -0.345 e. The maximum absolute atomic E-state index is 12.8. The Morgan fingerprint density at radius 3 is 2.32 bits per heavy atom. The van der Waals surface area contributed by atoms with E-state index in [4.69, 9.17) is 0 Å². The van der Waals surface area contributed by atoms with E-state index in [1.54, 1.807) is 0 Å². The van der Waals surface area contributed by atoms with Gasteiger partial charge in [-0.3, -0.25) is 9.59 Å². The molecule has 0 bridgehead atoms. The Bertz CT molecular complexity index is 627. The summed E-state index contributed by atoms with van der Waals surface area (Å²) in [6.45, 7) is 9.86. The molecule has 4 heteroatoms. The van der Waals surface area contributed by atoms with Crippen molar-refractivity contribution in [2.75, 3.05) is 0 Å². The highest BCUT2D eigenvalue weighted by Crippen LogP contribution is 2.22. The van der Waals surface area contributed by atoms with Crippen molar-refractivity contribution < 1.29 is 9.59 Å². The van der Waals surface area contributed by atoms with Gasteiger partial charge in [-0.15, -0.1) is 0 Å². The molecule has 1 aromatic rings. The zero-order valence-corrected chi connectivity index (χ0v) is 16.7. The minimum atomic E-state index is -0.539. The van der Waals surface area contributed by atoms with Gasteiger partial charge in [-0.2, -0.15) is 0 Å². The van der Waals surface area contributed by atoms with Crippen molar-refractivity contribution in [3.63, 3.8) is 0 Å². The van der Waals surface area contributed by atoms with Gasteiger partial charge in [-0.1, -0.05) is 81.1 Å². The van der Waals surface area contributed by atoms with E-state index in [0.717, 1.165) is 10.5 Å². The highest BCUT2D eigenvalue weighted by atomic mass is 32.2. The number of thioether (sulfide) groups is 1.